The number of benzene rings is 1. The van der Waals surface area contributed by atoms with Gasteiger partial charge in [0, 0.05) is 13.0 Å². The van der Waals surface area contributed by atoms with E-state index in [1.54, 1.807) is 23.1 Å². The number of nitrogens with zero attached hydrogens (tertiary/aromatic N) is 1. The first-order chi connectivity index (χ1) is 12.7. The number of amides is 2. The largest absolute Gasteiger partial charge is 0.480 e. The van der Waals surface area contributed by atoms with E-state index in [4.69, 9.17) is 28.3 Å². The van der Waals surface area contributed by atoms with Crippen LogP contribution in [0.1, 0.15) is 31.2 Å². The van der Waals surface area contributed by atoms with Crippen LogP contribution >= 0.6 is 23.2 Å². The summed E-state index contributed by atoms with van der Waals surface area (Å²) < 4.78 is 0. The molecule has 1 aliphatic heterocycles. The predicted molar refractivity (Wildman–Crippen MR) is 97.4 cm³/mol. The van der Waals surface area contributed by atoms with Gasteiger partial charge in [0.25, 0.3) is 0 Å². The molecule has 1 heterocycles. The van der Waals surface area contributed by atoms with E-state index >= 15 is 0 Å². The van der Waals surface area contributed by atoms with Crippen LogP contribution in [0.2, 0.25) is 10.0 Å². The molecule has 1 aromatic carbocycles. The maximum absolute atomic E-state index is 13.0. The molecular formula is C18H18Cl2N2O5. The van der Waals surface area contributed by atoms with E-state index in [2.05, 4.69) is 5.32 Å². The van der Waals surface area contributed by atoms with Gasteiger partial charge in [0.15, 0.2) is 11.7 Å². The number of hydrogen-bond acceptors (Lipinski definition) is 4. The molecule has 1 atom stereocenters. The predicted octanol–water partition coefficient (Wildman–Crippen LogP) is 2.03. The van der Waals surface area contributed by atoms with Crippen molar-refractivity contribution in [2.24, 2.45) is 5.92 Å². The number of carboxylic acids is 1. The number of Topliss-reactive ketones (excluding diaryl/α,β-unsaturated/α-hetero) is 1. The van der Waals surface area contributed by atoms with Crippen LogP contribution < -0.4 is 5.32 Å². The molecule has 0 radical (unpaired) electrons. The van der Waals surface area contributed by atoms with Crippen LogP contribution in [0.15, 0.2) is 18.2 Å². The highest BCUT2D eigenvalue weighted by atomic mass is 35.5. The Balaban J connectivity index is 1.85. The first-order valence-corrected chi connectivity index (χ1v) is 9.27. The van der Waals surface area contributed by atoms with Gasteiger partial charge in [0.2, 0.25) is 11.8 Å². The number of rotatable bonds is 5. The summed E-state index contributed by atoms with van der Waals surface area (Å²) in [7, 11) is 0. The van der Waals surface area contributed by atoms with Crippen molar-refractivity contribution in [3.8, 4) is 0 Å². The molecule has 2 aliphatic rings. The molecule has 2 fully saturated rings. The lowest BCUT2D eigenvalue weighted by atomic mass is 9.67. The Kier molecular flexibility index (Phi) is 5.44. The molecule has 0 bridgehead atoms. The molecule has 27 heavy (non-hydrogen) atoms. The van der Waals surface area contributed by atoms with Crippen LogP contribution in [0.5, 0.6) is 0 Å². The number of carbonyl (C=O) groups excluding carboxylic acids is 3. The second kappa shape index (κ2) is 7.48. The maximum Gasteiger partial charge on any atom is 0.322 e. The number of likely N-dealkylation sites (tertiary alicyclic amines) is 1. The summed E-state index contributed by atoms with van der Waals surface area (Å²) in [6, 6.07) is 5.02. The highest BCUT2D eigenvalue weighted by Crippen LogP contribution is 2.45. The molecule has 1 saturated carbocycles. The molecule has 3 rings (SSSR count). The van der Waals surface area contributed by atoms with Crippen molar-refractivity contribution in [2.45, 2.75) is 37.8 Å². The van der Waals surface area contributed by atoms with Gasteiger partial charge in [-0.2, -0.15) is 0 Å². The Morgan fingerprint density at radius 2 is 1.93 bits per heavy atom. The fraction of sp³-hybridized carbons (Fsp3) is 0.444. The topological polar surface area (TPSA) is 104 Å². The Labute approximate surface area is 165 Å². The molecule has 1 aromatic rings. The lowest BCUT2D eigenvalue weighted by Crippen LogP contribution is -2.65. The number of carbonyl (C=O) groups is 4. The number of hydrogen-bond donors (Lipinski definition) is 2. The smallest absolute Gasteiger partial charge is 0.322 e. The van der Waals surface area contributed by atoms with Gasteiger partial charge in [-0.1, -0.05) is 29.3 Å². The third kappa shape index (κ3) is 3.80. The van der Waals surface area contributed by atoms with Crippen LogP contribution in [0.25, 0.3) is 0 Å². The number of carboxylic acid groups (broad SMARTS) is 1. The molecule has 1 spiro atoms. The van der Waals surface area contributed by atoms with Crippen molar-refractivity contribution >= 4 is 46.8 Å². The average molecular weight is 413 g/mol. The normalized spacial score (nSPS) is 21.1. The third-order valence-corrected chi connectivity index (χ3v) is 5.93. The van der Waals surface area contributed by atoms with Crippen molar-refractivity contribution in [1.82, 2.24) is 10.2 Å². The molecule has 2 N–H and O–H groups in total. The summed E-state index contributed by atoms with van der Waals surface area (Å²) in [4.78, 5) is 50.0. The zero-order chi connectivity index (χ0) is 19.8. The van der Waals surface area contributed by atoms with Crippen molar-refractivity contribution < 1.29 is 24.3 Å². The van der Waals surface area contributed by atoms with Gasteiger partial charge >= 0.3 is 5.97 Å². The summed E-state index contributed by atoms with van der Waals surface area (Å²) in [5.74, 6) is -4.70. The highest BCUT2D eigenvalue weighted by Gasteiger charge is 2.55. The first kappa shape index (κ1) is 19.6. The zero-order valence-corrected chi connectivity index (χ0v) is 15.8. The number of aliphatic carboxylic acids is 1. The number of piperidine rings is 1. The molecule has 0 aromatic heterocycles. The number of halogens is 2. The van der Waals surface area contributed by atoms with E-state index in [1.807, 2.05) is 0 Å². The first-order valence-electron chi connectivity index (χ1n) is 8.51. The van der Waals surface area contributed by atoms with Crippen molar-refractivity contribution in [1.29, 1.82) is 0 Å². The molecule has 1 unspecified atom stereocenters. The summed E-state index contributed by atoms with van der Waals surface area (Å²) in [5, 5.41) is 11.6. The standard InChI is InChI=1S/C18H18Cl2N2O5/c19-11-3-2-10(6-12(11)20)9-22-17(27)15(16(26)21-8-14(24)25)13(23)7-18(22)4-1-5-18/h2-3,6,15H,1,4-5,7-9H2,(H,21,26)(H,24,25). The summed E-state index contributed by atoms with van der Waals surface area (Å²) >= 11 is 12.0. The molecular weight excluding hydrogens is 395 g/mol. The van der Waals surface area contributed by atoms with E-state index in [9.17, 15) is 19.2 Å². The van der Waals surface area contributed by atoms with Crippen molar-refractivity contribution in [3.05, 3.63) is 33.8 Å². The minimum absolute atomic E-state index is 0.0885. The summed E-state index contributed by atoms with van der Waals surface area (Å²) in [6.07, 6.45) is 2.37. The maximum atomic E-state index is 13.0. The van der Waals surface area contributed by atoms with Gasteiger partial charge in [-0.3, -0.25) is 19.2 Å². The van der Waals surface area contributed by atoms with Gasteiger partial charge in [0.05, 0.1) is 15.6 Å². The Bertz CT molecular complexity index is 822. The lowest BCUT2D eigenvalue weighted by molar-refractivity contribution is -0.164. The average Bonchev–Trinajstić information content (AvgIpc) is 2.57. The van der Waals surface area contributed by atoms with E-state index in [-0.39, 0.29) is 13.0 Å². The van der Waals surface area contributed by atoms with Gasteiger partial charge in [0.1, 0.15) is 6.54 Å². The van der Waals surface area contributed by atoms with E-state index in [0.717, 1.165) is 12.0 Å². The summed E-state index contributed by atoms with van der Waals surface area (Å²) in [6.45, 7) is -0.445. The second-order valence-corrected chi connectivity index (χ2v) is 7.75. The molecule has 2 amide bonds. The van der Waals surface area contributed by atoms with Crippen molar-refractivity contribution in [2.75, 3.05) is 6.54 Å². The fourth-order valence-electron chi connectivity index (χ4n) is 3.67. The molecule has 1 saturated heterocycles. The van der Waals surface area contributed by atoms with Crippen LogP contribution in [0.4, 0.5) is 0 Å². The lowest BCUT2D eigenvalue weighted by Gasteiger charge is -2.53. The van der Waals surface area contributed by atoms with E-state index in [0.29, 0.717) is 22.9 Å². The fourth-order valence-corrected chi connectivity index (χ4v) is 3.99. The number of nitrogens with one attached hydrogen (secondary N) is 1. The second-order valence-electron chi connectivity index (χ2n) is 6.94. The monoisotopic (exact) mass is 412 g/mol. The van der Waals surface area contributed by atoms with Crippen LogP contribution in [0.3, 0.4) is 0 Å². The minimum atomic E-state index is -1.52. The van der Waals surface area contributed by atoms with Crippen molar-refractivity contribution in [3.63, 3.8) is 0 Å². The zero-order valence-electron chi connectivity index (χ0n) is 14.3. The molecule has 9 heteroatoms. The van der Waals surface area contributed by atoms with Crippen LogP contribution in [0, 0.1) is 5.92 Å². The molecule has 1 aliphatic carbocycles. The summed E-state index contributed by atoms with van der Waals surface area (Å²) in [5.41, 5.74) is 0.159. The SMILES string of the molecule is O=C(O)CNC(=O)C1C(=O)CC2(CCC2)N(Cc2ccc(Cl)c(Cl)c2)C1=O. The van der Waals surface area contributed by atoms with E-state index < -0.39 is 41.6 Å². The van der Waals surface area contributed by atoms with E-state index in [1.165, 1.54) is 0 Å². The van der Waals surface area contributed by atoms with Crippen LogP contribution in [-0.2, 0) is 25.7 Å². The molecule has 7 nitrogen and oxygen atoms in total. The highest BCUT2D eigenvalue weighted by molar-refractivity contribution is 6.42. The Morgan fingerprint density at radius 1 is 1.22 bits per heavy atom. The van der Waals surface area contributed by atoms with Gasteiger partial charge in [-0.15, -0.1) is 0 Å². The van der Waals surface area contributed by atoms with Gasteiger partial charge in [-0.05, 0) is 37.0 Å². The van der Waals surface area contributed by atoms with Gasteiger partial charge in [-0.25, -0.2) is 0 Å². The Morgan fingerprint density at radius 3 is 2.48 bits per heavy atom. The minimum Gasteiger partial charge on any atom is -0.480 e. The molecule has 144 valence electrons. The van der Waals surface area contributed by atoms with Gasteiger partial charge < -0.3 is 15.3 Å². The quantitative estimate of drug-likeness (QED) is 0.719. The Hall–Kier alpha value is -2.12. The van der Waals surface area contributed by atoms with Crippen LogP contribution in [-0.4, -0.2) is 45.7 Å². The third-order valence-electron chi connectivity index (χ3n) is 5.20. The number of ketones is 1.